The van der Waals surface area contributed by atoms with Crippen LogP contribution in [0, 0.1) is 0 Å². The van der Waals surface area contributed by atoms with E-state index in [0.29, 0.717) is 0 Å². The molecular weight excluding hydrogens is 154 g/mol. The molecule has 12 heavy (non-hydrogen) atoms. The maximum atomic E-state index is 4.60. The number of likely N-dealkylation sites (N-methyl/N-ethyl adjacent to an activating group) is 1. The maximum absolute atomic E-state index is 4.60. The molecule has 0 spiro atoms. The highest BCUT2D eigenvalue weighted by molar-refractivity contribution is 4.77. The lowest BCUT2D eigenvalue weighted by atomic mass is 10.4. The molecule has 0 rings (SSSR count). The van der Waals surface area contributed by atoms with E-state index in [4.69, 9.17) is 0 Å². The summed E-state index contributed by atoms with van der Waals surface area (Å²) in [6, 6.07) is 0. The van der Waals surface area contributed by atoms with Crippen LogP contribution in [0.5, 0.6) is 0 Å². The second-order valence-electron chi connectivity index (χ2n) is 2.53. The average Bonchev–Trinajstić information content (AvgIpc) is 2.10. The molecule has 0 aromatic carbocycles. The fourth-order valence-corrected chi connectivity index (χ4v) is 0.982. The van der Waals surface area contributed by atoms with Gasteiger partial charge in [0.1, 0.15) is 6.26 Å². The second kappa shape index (κ2) is 8.56. The van der Waals surface area contributed by atoms with E-state index in [1.807, 2.05) is 6.08 Å². The van der Waals surface area contributed by atoms with E-state index in [0.717, 1.165) is 19.6 Å². The standard InChI is InChI=1S/C9H19NO2/c1-4-7-10(5-2)8-6-9-12-11-3/h6,9H,4-5,7-8H2,1-3H3. The minimum atomic E-state index is 0.924. The van der Waals surface area contributed by atoms with Crippen molar-refractivity contribution >= 4 is 0 Å². The van der Waals surface area contributed by atoms with Crippen LogP contribution in [0.2, 0.25) is 0 Å². The van der Waals surface area contributed by atoms with Gasteiger partial charge in [-0.2, -0.15) is 4.89 Å². The maximum Gasteiger partial charge on any atom is 0.126 e. The van der Waals surface area contributed by atoms with Crippen LogP contribution >= 0.6 is 0 Å². The van der Waals surface area contributed by atoms with Crippen LogP contribution in [0.3, 0.4) is 0 Å². The number of nitrogens with zero attached hydrogens (tertiary/aromatic N) is 1. The van der Waals surface area contributed by atoms with Gasteiger partial charge in [-0.1, -0.05) is 13.8 Å². The van der Waals surface area contributed by atoms with E-state index < -0.39 is 0 Å². The molecule has 0 radical (unpaired) electrons. The van der Waals surface area contributed by atoms with Crippen LogP contribution in [0.15, 0.2) is 12.3 Å². The summed E-state index contributed by atoms with van der Waals surface area (Å²) >= 11 is 0. The number of rotatable bonds is 7. The third-order valence-electron chi connectivity index (χ3n) is 1.60. The zero-order valence-corrected chi connectivity index (χ0v) is 8.25. The molecule has 0 aromatic heterocycles. The molecule has 0 heterocycles. The fourth-order valence-electron chi connectivity index (χ4n) is 0.982. The van der Waals surface area contributed by atoms with E-state index in [9.17, 15) is 0 Å². The molecule has 0 atom stereocenters. The molecule has 3 heteroatoms. The van der Waals surface area contributed by atoms with Gasteiger partial charge >= 0.3 is 0 Å². The van der Waals surface area contributed by atoms with Crippen LogP contribution in [-0.4, -0.2) is 31.6 Å². The number of hydrogen-bond acceptors (Lipinski definition) is 3. The lowest BCUT2D eigenvalue weighted by Gasteiger charge is -2.16. The van der Waals surface area contributed by atoms with Crippen molar-refractivity contribution in [2.45, 2.75) is 20.3 Å². The van der Waals surface area contributed by atoms with Crippen molar-refractivity contribution in [1.29, 1.82) is 0 Å². The normalized spacial score (nSPS) is 11.3. The summed E-state index contributed by atoms with van der Waals surface area (Å²) < 4.78 is 0. The van der Waals surface area contributed by atoms with Crippen LogP contribution in [0.25, 0.3) is 0 Å². The van der Waals surface area contributed by atoms with Crippen molar-refractivity contribution in [3.63, 3.8) is 0 Å². The van der Waals surface area contributed by atoms with Crippen LogP contribution in [0.1, 0.15) is 20.3 Å². The molecule has 0 N–H and O–H groups in total. The van der Waals surface area contributed by atoms with Gasteiger partial charge in [-0.05, 0) is 25.6 Å². The summed E-state index contributed by atoms with van der Waals surface area (Å²) in [7, 11) is 1.49. The smallest absolute Gasteiger partial charge is 0.126 e. The highest BCUT2D eigenvalue weighted by Crippen LogP contribution is 1.91. The van der Waals surface area contributed by atoms with Crippen molar-refractivity contribution in [3.05, 3.63) is 12.3 Å². The van der Waals surface area contributed by atoms with Crippen molar-refractivity contribution in [1.82, 2.24) is 4.90 Å². The van der Waals surface area contributed by atoms with Gasteiger partial charge in [0.05, 0.1) is 7.11 Å². The Bertz CT molecular complexity index is 115. The molecule has 0 fully saturated rings. The summed E-state index contributed by atoms with van der Waals surface area (Å²) in [4.78, 5) is 11.3. The highest BCUT2D eigenvalue weighted by Gasteiger charge is 1.95. The third kappa shape index (κ3) is 6.19. The van der Waals surface area contributed by atoms with Crippen molar-refractivity contribution in [3.8, 4) is 0 Å². The SMILES string of the molecule is CCCN(CC)CC=COOC. The predicted octanol–water partition coefficient (Wildman–Crippen LogP) is 1.81. The molecule has 0 aliphatic heterocycles. The summed E-state index contributed by atoms with van der Waals surface area (Å²) in [6.45, 7) is 7.46. The van der Waals surface area contributed by atoms with Gasteiger partial charge in [-0.15, -0.1) is 0 Å². The lowest BCUT2D eigenvalue weighted by Crippen LogP contribution is -2.24. The first-order valence-corrected chi connectivity index (χ1v) is 4.42. The Labute approximate surface area is 74.9 Å². The van der Waals surface area contributed by atoms with Gasteiger partial charge in [0.2, 0.25) is 0 Å². The average molecular weight is 173 g/mol. The molecule has 0 aliphatic rings. The Kier molecular flexibility index (Phi) is 8.17. The topological polar surface area (TPSA) is 21.7 Å². The third-order valence-corrected chi connectivity index (χ3v) is 1.60. The molecule has 0 aliphatic carbocycles. The van der Waals surface area contributed by atoms with Crippen molar-refractivity contribution < 1.29 is 9.78 Å². The van der Waals surface area contributed by atoms with E-state index in [2.05, 4.69) is 28.5 Å². The Hall–Kier alpha value is -0.540. The molecule has 72 valence electrons. The molecule has 0 bridgehead atoms. The quantitative estimate of drug-likeness (QED) is 0.333. The van der Waals surface area contributed by atoms with Crippen LogP contribution in [0.4, 0.5) is 0 Å². The van der Waals surface area contributed by atoms with E-state index in [1.54, 1.807) is 6.26 Å². The molecular formula is C9H19NO2. The largest absolute Gasteiger partial charge is 0.346 e. The van der Waals surface area contributed by atoms with Gasteiger partial charge < -0.3 is 4.89 Å². The number of hydrogen-bond donors (Lipinski definition) is 0. The monoisotopic (exact) mass is 173 g/mol. The molecule has 3 nitrogen and oxygen atoms in total. The minimum Gasteiger partial charge on any atom is -0.346 e. The predicted molar refractivity (Wildman–Crippen MR) is 49.6 cm³/mol. The molecule has 0 aromatic rings. The van der Waals surface area contributed by atoms with Gasteiger partial charge in [0.15, 0.2) is 0 Å². The summed E-state index contributed by atoms with van der Waals surface area (Å²) in [6.07, 6.45) is 4.70. The lowest BCUT2D eigenvalue weighted by molar-refractivity contribution is -0.222. The Morgan fingerprint density at radius 1 is 1.33 bits per heavy atom. The molecule has 0 saturated heterocycles. The summed E-state index contributed by atoms with van der Waals surface area (Å²) in [5.74, 6) is 0. The van der Waals surface area contributed by atoms with Crippen LogP contribution < -0.4 is 0 Å². The molecule has 0 saturated carbocycles. The summed E-state index contributed by atoms with van der Waals surface area (Å²) in [5.41, 5.74) is 0. The molecule has 0 unspecified atom stereocenters. The van der Waals surface area contributed by atoms with E-state index in [-0.39, 0.29) is 0 Å². The van der Waals surface area contributed by atoms with Gasteiger partial charge in [0, 0.05) is 6.54 Å². The Morgan fingerprint density at radius 3 is 2.58 bits per heavy atom. The second-order valence-corrected chi connectivity index (χ2v) is 2.53. The summed E-state index contributed by atoms with van der Waals surface area (Å²) in [5, 5.41) is 0. The van der Waals surface area contributed by atoms with Gasteiger partial charge in [-0.3, -0.25) is 4.90 Å². The van der Waals surface area contributed by atoms with E-state index in [1.165, 1.54) is 13.5 Å². The first-order valence-electron chi connectivity index (χ1n) is 4.42. The fraction of sp³-hybridized carbons (Fsp3) is 0.778. The zero-order valence-electron chi connectivity index (χ0n) is 8.25. The minimum absolute atomic E-state index is 0.924. The van der Waals surface area contributed by atoms with Gasteiger partial charge in [-0.25, -0.2) is 0 Å². The highest BCUT2D eigenvalue weighted by atomic mass is 17.2. The zero-order chi connectivity index (χ0) is 9.23. The van der Waals surface area contributed by atoms with E-state index >= 15 is 0 Å². The van der Waals surface area contributed by atoms with Crippen LogP contribution in [-0.2, 0) is 9.78 Å². The Balaban J connectivity index is 3.42. The van der Waals surface area contributed by atoms with Crippen molar-refractivity contribution in [2.75, 3.05) is 26.7 Å². The first-order chi connectivity index (χ1) is 5.85. The first kappa shape index (κ1) is 11.5. The van der Waals surface area contributed by atoms with Crippen molar-refractivity contribution in [2.24, 2.45) is 0 Å². The Morgan fingerprint density at radius 2 is 2.08 bits per heavy atom. The molecule has 0 amide bonds. The van der Waals surface area contributed by atoms with Gasteiger partial charge in [0.25, 0.3) is 0 Å².